The number of rotatable bonds is 1. The van der Waals surface area contributed by atoms with Gasteiger partial charge in [-0.3, -0.25) is 0 Å². The molecule has 5 nitrogen and oxygen atoms in total. The lowest BCUT2D eigenvalue weighted by Crippen LogP contribution is -1.92. The Morgan fingerprint density at radius 1 is 1.50 bits per heavy atom. The Hall–Kier alpha value is -1.43. The number of nitrogen functional groups attached to an aromatic ring is 1. The molecule has 6 heteroatoms. The molecule has 0 aromatic carbocycles. The highest BCUT2D eigenvalue weighted by Crippen LogP contribution is 2.13. The zero-order valence-electron chi connectivity index (χ0n) is 6.43. The van der Waals surface area contributed by atoms with Crippen molar-refractivity contribution in [3.8, 4) is 5.13 Å². The number of aryl methyl sites for hydroxylation is 1. The lowest BCUT2D eigenvalue weighted by molar-refractivity contribution is 0.844. The Morgan fingerprint density at radius 3 is 2.83 bits per heavy atom. The van der Waals surface area contributed by atoms with Crippen LogP contribution in [0.2, 0.25) is 0 Å². The van der Waals surface area contributed by atoms with Gasteiger partial charge in [-0.15, -0.1) is 10.2 Å². The van der Waals surface area contributed by atoms with Crippen molar-refractivity contribution in [1.82, 2.24) is 20.0 Å². The lowest BCUT2D eigenvalue weighted by Gasteiger charge is -1.89. The average Bonchev–Trinajstić information content (AvgIpc) is 2.58. The van der Waals surface area contributed by atoms with E-state index in [4.69, 9.17) is 5.73 Å². The summed E-state index contributed by atoms with van der Waals surface area (Å²) in [6.07, 6.45) is 3.29. The van der Waals surface area contributed by atoms with Crippen molar-refractivity contribution >= 4 is 17.0 Å². The molecule has 0 unspecified atom stereocenters. The molecule has 0 aliphatic heterocycles. The molecule has 2 rings (SSSR count). The summed E-state index contributed by atoms with van der Waals surface area (Å²) in [6.45, 7) is 1.90. The third-order valence-electron chi connectivity index (χ3n) is 1.31. The zero-order valence-corrected chi connectivity index (χ0v) is 7.25. The molecule has 0 atom stereocenters. The first-order valence-corrected chi connectivity index (χ1v) is 4.18. The van der Waals surface area contributed by atoms with Crippen molar-refractivity contribution in [1.29, 1.82) is 0 Å². The summed E-state index contributed by atoms with van der Waals surface area (Å²) in [5.74, 6) is 0. The van der Waals surface area contributed by atoms with E-state index in [-0.39, 0.29) is 0 Å². The van der Waals surface area contributed by atoms with Crippen LogP contribution in [-0.2, 0) is 0 Å². The van der Waals surface area contributed by atoms with Gasteiger partial charge >= 0.3 is 0 Å². The van der Waals surface area contributed by atoms with Gasteiger partial charge in [-0.1, -0.05) is 11.3 Å². The highest BCUT2D eigenvalue weighted by molar-refractivity contribution is 7.13. The second-order valence-electron chi connectivity index (χ2n) is 2.32. The minimum atomic E-state index is 0.628. The van der Waals surface area contributed by atoms with Gasteiger partial charge in [0.2, 0.25) is 5.13 Å². The number of anilines is 1. The van der Waals surface area contributed by atoms with E-state index >= 15 is 0 Å². The summed E-state index contributed by atoms with van der Waals surface area (Å²) in [4.78, 5) is 0. The molecule has 0 saturated carbocycles. The quantitative estimate of drug-likeness (QED) is 0.700. The molecule has 2 N–H and O–H groups in total. The van der Waals surface area contributed by atoms with Crippen LogP contribution in [-0.4, -0.2) is 20.0 Å². The van der Waals surface area contributed by atoms with Crippen LogP contribution < -0.4 is 5.73 Å². The predicted molar refractivity (Wildman–Crippen MR) is 46.2 cm³/mol. The monoisotopic (exact) mass is 181 g/mol. The van der Waals surface area contributed by atoms with E-state index in [1.54, 1.807) is 17.1 Å². The van der Waals surface area contributed by atoms with Crippen molar-refractivity contribution in [3.63, 3.8) is 0 Å². The van der Waals surface area contributed by atoms with Gasteiger partial charge in [-0.05, 0) is 6.92 Å². The normalized spacial score (nSPS) is 10.4. The third kappa shape index (κ3) is 1.16. The van der Waals surface area contributed by atoms with Gasteiger partial charge in [-0.2, -0.15) is 5.10 Å². The standard InChI is InChI=1S/C6H7N5S/c1-4-9-10-6(12-4)11-3-5(7)2-8-11/h2-3H,7H2,1H3. The first kappa shape index (κ1) is 7.23. The SMILES string of the molecule is Cc1nnc(-n2cc(N)cn2)s1. The largest absolute Gasteiger partial charge is 0.396 e. The van der Waals surface area contributed by atoms with Crippen LogP contribution in [0.5, 0.6) is 0 Å². The first-order chi connectivity index (χ1) is 5.75. The molecule has 0 aliphatic rings. The van der Waals surface area contributed by atoms with E-state index in [1.807, 2.05) is 6.92 Å². The molecular weight excluding hydrogens is 174 g/mol. The average molecular weight is 181 g/mol. The van der Waals surface area contributed by atoms with Crippen molar-refractivity contribution < 1.29 is 0 Å². The molecule has 62 valence electrons. The van der Waals surface area contributed by atoms with Crippen molar-refractivity contribution in [2.75, 3.05) is 5.73 Å². The molecule has 0 bridgehead atoms. The van der Waals surface area contributed by atoms with E-state index < -0.39 is 0 Å². The van der Waals surface area contributed by atoms with Gasteiger partial charge in [0.05, 0.1) is 18.1 Å². The molecule has 0 amide bonds. The Bertz CT molecular complexity index is 352. The predicted octanol–water partition coefficient (Wildman–Crippen LogP) is 0.614. The minimum Gasteiger partial charge on any atom is -0.396 e. The molecule has 0 aliphatic carbocycles. The Morgan fingerprint density at radius 2 is 2.33 bits per heavy atom. The van der Waals surface area contributed by atoms with Crippen LogP contribution in [0.1, 0.15) is 5.01 Å². The van der Waals surface area contributed by atoms with Gasteiger partial charge in [0.15, 0.2) is 0 Å². The van der Waals surface area contributed by atoms with Crippen LogP contribution in [0.15, 0.2) is 12.4 Å². The van der Waals surface area contributed by atoms with Gasteiger partial charge < -0.3 is 5.73 Å². The van der Waals surface area contributed by atoms with E-state index in [0.29, 0.717) is 5.69 Å². The van der Waals surface area contributed by atoms with Gasteiger partial charge in [0.25, 0.3) is 0 Å². The number of nitrogens with zero attached hydrogens (tertiary/aromatic N) is 4. The van der Waals surface area contributed by atoms with Gasteiger partial charge in [-0.25, -0.2) is 4.68 Å². The van der Waals surface area contributed by atoms with Crippen LogP contribution in [0, 0.1) is 6.92 Å². The lowest BCUT2D eigenvalue weighted by atomic mass is 10.6. The molecule has 2 aromatic rings. The van der Waals surface area contributed by atoms with Crippen LogP contribution in [0.3, 0.4) is 0 Å². The van der Waals surface area contributed by atoms with E-state index in [0.717, 1.165) is 10.1 Å². The minimum absolute atomic E-state index is 0.628. The number of hydrogen-bond acceptors (Lipinski definition) is 5. The topological polar surface area (TPSA) is 69.6 Å². The first-order valence-electron chi connectivity index (χ1n) is 3.36. The van der Waals surface area contributed by atoms with Gasteiger partial charge in [0, 0.05) is 0 Å². The fraction of sp³-hybridized carbons (Fsp3) is 0.167. The second kappa shape index (κ2) is 2.56. The van der Waals surface area contributed by atoms with E-state index in [1.165, 1.54) is 11.3 Å². The molecular formula is C6H7N5S. The molecule has 0 saturated heterocycles. The van der Waals surface area contributed by atoms with E-state index in [9.17, 15) is 0 Å². The Labute approximate surface area is 72.8 Å². The zero-order chi connectivity index (χ0) is 8.55. The number of hydrogen-bond donors (Lipinski definition) is 1. The van der Waals surface area contributed by atoms with Crippen molar-refractivity contribution in [3.05, 3.63) is 17.4 Å². The fourth-order valence-corrected chi connectivity index (χ4v) is 1.44. The Balaban J connectivity index is 2.43. The molecule has 2 aromatic heterocycles. The van der Waals surface area contributed by atoms with Crippen molar-refractivity contribution in [2.24, 2.45) is 0 Å². The summed E-state index contributed by atoms with van der Waals surface area (Å²) in [5, 5.41) is 13.4. The molecule has 12 heavy (non-hydrogen) atoms. The highest BCUT2D eigenvalue weighted by Gasteiger charge is 2.03. The van der Waals surface area contributed by atoms with Crippen LogP contribution in [0.25, 0.3) is 5.13 Å². The van der Waals surface area contributed by atoms with E-state index in [2.05, 4.69) is 15.3 Å². The molecule has 2 heterocycles. The second-order valence-corrected chi connectivity index (χ2v) is 3.48. The number of aromatic nitrogens is 4. The smallest absolute Gasteiger partial charge is 0.232 e. The highest BCUT2D eigenvalue weighted by atomic mass is 32.1. The van der Waals surface area contributed by atoms with Crippen LogP contribution in [0.4, 0.5) is 5.69 Å². The number of nitrogens with two attached hydrogens (primary N) is 1. The maximum absolute atomic E-state index is 5.50. The summed E-state index contributed by atoms with van der Waals surface area (Å²) in [7, 11) is 0. The summed E-state index contributed by atoms with van der Waals surface area (Å²) >= 11 is 1.48. The van der Waals surface area contributed by atoms with Crippen LogP contribution >= 0.6 is 11.3 Å². The molecule has 0 fully saturated rings. The van der Waals surface area contributed by atoms with Gasteiger partial charge in [0.1, 0.15) is 5.01 Å². The maximum Gasteiger partial charge on any atom is 0.232 e. The third-order valence-corrected chi connectivity index (χ3v) is 2.14. The fourth-order valence-electron chi connectivity index (χ4n) is 0.820. The Kier molecular flexibility index (Phi) is 1.54. The van der Waals surface area contributed by atoms with Crippen molar-refractivity contribution in [2.45, 2.75) is 6.92 Å². The molecule has 0 spiro atoms. The summed E-state index contributed by atoms with van der Waals surface area (Å²) in [6, 6.07) is 0. The maximum atomic E-state index is 5.50. The summed E-state index contributed by atoms with van der Waals surface area (Å²) in [5.41, 5.74) is 6.12. The molecule has 0 radical (unpaired) electrons. The summed E-state index contributed by atoms with van der Waals surface area (Å²) < 4.78 is 1.61.